The van der Waals surface area contributed by atoms with E-state index in [0.29, 0.717) is 21.5 Å². The van der Waals surface area contributed by atoms with Gasteiger partial charge in [0.2, 0.25) is 0 Å². The van der Waals surface area contributed by atoms with Crippen LogP contribution in [-0.2, 0) is 6.73 Å². The molecule has 0 aliphatic heterocycles. The minimum absolute atomic E-state index is 0.139. The first-order chi connectivity index (χ1) is 11.1. The third kappa shape index (κ3) is 4.18. The number of nitrogens with zero attached hydrogens (tertiary/aromatic N) is 2. The average Bonchev–Trinajstić information content (AvgIpc) is 3.17. The molecule has 0 atom stereocenters. The minimum Gasteiger partial charge on any atom is -0.470 e. The van der Waals surface area contributed by atoms with Gasteiger partial charge in [0.1, 0.15) is 11.4 Å². The molecule has 1 heterocycles. The Morgan fingerprint density at radius 1 is 1.30 bits per heavy atom. The standard InChI is InChI=1S/C16H17Cl2N3O2/c17-11-5-6-15(13(18)9-11)23-10-21-8-7-14(20-21)16(22)19-12-3-1-2-4-12/h5-9,12H,1-4,10H2,(H,19,22). The predicted molar refractivity (Wildman–Crippen MR) is 89.0 cm³/mol. The topological polar surface area (TPSA) is 56.2 Å². The van der Waals surface area contributed by atoms with E-state index < -0.39 is 0 Å². The summed E-state index contributed by atoms with van der Waals surface area (Å²) in [5.41, 5.74) is 0.391. The molecule has 0 saturated heterocycles. The minimum atomic E-state index is -0.139. The molecule has 1 fully saturated rings. The number of ether oxygens (including phenoxy) is 1. The van der Waals surface area contributed by atoms with Crippen LogP contribution in [-0.4, -0.2) is 21.7 Å². The zero-order valence-electron chi connectivity index (χ0n) is 12.5. The largest absolute Gasteiger partial charge is 0.470 e. The van der Waals surface area contributed by atoms with E-state index in [1.54, 1.807) is 35.1 Å². The molecule has 2 aromatic rings. The van der Waals surface area contributed by atoms with Gasteiger partial charge in [-0.2, -0.15) is 5.10 Å². The maximum Gasteiger partial charge on any atom is 0.271 e. The van der Waals surface area contributed by atoms with Crippen molar-refractivity contribution in [2.45, 2.75) is 38.5 Å². The van der Waals surface area contributed by atoms with E-state index in [-0.39, 0.29) is 18.7 Å². The number of hydrogen-bond donors (Lipinski definition) is 1. The van der Waals surface area contributed by atoms with Crippen molar-refractivity contribution >= 4 is 29.1 Å². The molecule has 3 rings (SSSR count). The molecule has 1 saturated carbocycles. The summed E-state index contributed by atoms with van der Waals surface area (Å²) < 4.78 is 7.13. The van der Waals surface area contributed by atoms with Crippen LogP contribution < -0.4 is 10.1 Å². The molecule has 1 amide bonds. The lowest BCUT2D eigenvalue weighted by molar-refractivity contribution is 0.0930. The highest BCUT2D eigenvalue weighted by atomic mass is 35.5. The fourth-order valence-electron chi connectivity index (χ4n) is 2.61. The molecule has 5 nitrogen and oxygen atoms in total. The highest BCUT2D eigenvalue weighted by molar-refractivity contribution is 6.35. The third-order valence-corrected chi connectivity index (χ3v) is 4.34. The van der Waals surface area contributed by atoms with Gasteiger partial charge < -0.3 is 10.1 Å². The van der Waals surface area contributed by atoms with Gasteiger partial charge in [-0.15, -0.1) is 0 Å². The number of aromatic nitrogens is 2. The Hall–Kier alpha value is -1.72. The number of hydrogen-bond acceptors (Lipinski definition) is 3. The molecule has 0 unspecified atom stereocenters. The van der Waals surface area contributed by atoms with Crippen molar-refractivity contribution < 1.29 is 9.53 Å². The summed E-state index contributed by atoms with van der Waals surface area (Å²) in [5.74, 6) is 0.378. The van der Waals surface area contributed by atoms with Gasteiger partial charge in [0.05, 0.1) is 5.02 Å². The Bertz CT molecular complexity index is 696. The van der Waals surface area contributed by atoms with Gasteiger partial charge in [0, 0.05) is 17.3 Å². The van der Waals surface area contributed by atoms with Crippen molar-refractivity contribution in [3.63, 3.8) is 0 Å². The lowest BCUT2D eigenvalue weighted by Gasteiger charge is -2.10. The van der Waals surface area contributed by atoms with Crippen LogP contribution in [0.1, 0.15) is 36.2 Å². The van der Waals surface area contributed by atoms with Gasteiger partial charge >= 0.3 is 0 Å². The zero-order valence-corrected chi connectivity index (χ0v) is 14.0. The van der Waals surface area contributed by atoms with Crippen molar-refractivity contribution in [1.29, 1.82) is 0 Å². The summed E-state index contributed by atoms with van der Waals surface area (Å²) in [6.07, 6.45) is 6.15. The second-order valence-corrected chi connectivity index (χ2v) is 6.39. The van der Waals surface area contributed by atoms with Crippen LogP contribution in [0.4, 0.5) is 0 Å². The van der Waals surface area contributed by atoms with Crippen molar-refractivity contribution in [2.75, 3.05) is 0 Å². The van der Waals surface area contributed by atoms with Gasteiger partial charge in [-0.25, -0.2) is 4.68 Å². The van der Waals surface area contributed by atoms with Crippen molar-refractivity contribution in [2.24, 2.45) is 0 Å². The number of benzene rings is 1. The monoisotopic (exact) mass is 353 g/mol. The fourth-order valence-corrected chi connectivity index (χ4v) is 3.08. The van der Waals surface area contributed by atoms with Crippen molar-refractivity contribution in [3.05, 3.63) is 46.2 Å². The van der Waals surface area contributed by atoms with Crippen molar-refractivity contribution in [3.8, 4) is 5.75 Å². The van der Waals surface area contributed by atoms with E-state index in [9.17, 15) is 4.79 Å². The summed E-state index contributed by atoms with van der Waals surface area (Å²) in [4.78, 5) is 12.1. The van der Waals surface area contributed by atoms with E-state index in [1.807, 2.05) is 0 Å². The fraction of sp³-hybridized carbons (Fsp3) is 0.375. The van der Waals surface area contributed by atoms with Crippen LogP contribution in [0.5, 0.6) is 5.75 Å². The Morgan fingerprint density at radius 2 is 2.09 bits per heavy atom. The molecule has 7 heteroatoms. The summed E-state index contributed by atoms with van der Waals surface area (Å²) in [6.45, 7) is 0.165. The predicted octanol–water partition coefficient (Wildman–Crippen LogP) is 3.90. The van der Waals surface area contributed by atoms with Gasteiger partial charge in [-0.1, -0.05) is 36.0 Å². The Balaban J connectivity index is 1.57. The molecule has 0 spiro atoms. The number of carbonyl (C=O) groups is 1. The Morgan fingerprint density at radius 3 is 2.83 bits per heavy atom. The second kappa shape index (κ2) is 7.23. The summed E-state index contributed by atoms with van der Waals surface area (Å²) in [5, 5.41) is 8.21. The number of halogens is 2. The van der Waals surface area contributed by atoms with Crippen LogP contribution in [0.2, 0.25) is 10.0 Å². The maximum atomic E-state index is 12.1. The van der Waals surface area contributed by atoms with Crippen LogP contribution >= 0.6 is 23.2 Å². The smallest absolute Gasteiger partial charge is 0.271 e. The molecular weight excluding hydrogens is 337 g/mol. The first-order valence-electron chi connectivity index (χ1n) is 7.54. The molecule has 0 bridgehead atoms. The van der Waals surface area contributed by atoms with E-state index in [4.69, 9.17) is 27.9 Å². The second-order valence-electron chi connectivity index (χ2n) is 5.54. The van der Waals surface area contributed by atoms with Gasteiger partial charge in [-0.3, -0.25) is 4.79 Å². The summed E-state index contributed by atoms with van der Waals surface area (Å²) in [6, 6.07) is 6.96. The number of amides is 1. The molecule has 23 heavy (non-hydrogen) atoms. The molecule has 1 aliphatic rings. The molecule has 122 valence electrons. The molecular formula is C16H17Cl2N3O2. The van der Waals surface area contributed by atoms with Crippen LogP contribution in [0.3, 0.4) is 0 Å². The van der Waals surface area contributed by atoms with Crippen LogP contribution in [0, 0.1) is 0 Å². The van der Waals surface area contributed by atoms with Crippen LogP contribution in [0.15, 0.2) is 30.5 Å². The average molecular weight is 354 g/mol. The molecule has 1 aliphatic carbocycles. The Labute approximate surface area is 144 Å². The molecule has 1 aromatic heterocycles. The van der Waals surface area contributed by atoms with E-state index in [1.165, 1.54) is 12.8 Å². The SMILES string of the molecule is O=C(NC1CCCC1)c1ccn(COc2ccc(Cl)cc2Cl)n1. The lowest BCUT2D eigenvalue weighted by Crippen LogP contribution is -2.32. The van der Waals surface area contributed by atoms with Crippen LogP contribution in [0.25, 0.3) is 0 Å². The number of carbonyl (C=O) groups excluding carboxylic acids is 1. The highest BCUT2D eigenvalue weighted by Gasteiger charge is 2.19. The number of nitrogens with one attached hydrogen (secondary N) is 1. The first kappa shape index (κ1) is 16.1. The highest BCUT2D eigenvalue weighted by Crippen LogP contribution is 2.27. The molecule has 1 N–H and O–H groups in total. The quantitative estimate of drug-likeness (QED) is 0.886. The molecule has 0 radical (unpaired) electrons. The maximum absolute atomic E-state index is 12.1. The Kier molecular flexibility index (Phi) is 5.08. The van der Waals surface area contributed by atoms with E-state index >= 15 is 0 Å². The lowest BCUT2D eigenvalue weighted by atomic mass is 10.2. The summed E-state index contributed by atoms with van der Waals surface area (Å²) in [7, 11) is 0. The number of rotatable bonds is 5. The first-order valence-corrected chi connectivity index (χ1v) is 8.29. The molecule has 1 aromatic carbocycles. The van der Waals surface area contributed by atoms with Crippen molar-refractivity contribution in [1.82, 2.24) is 15.1 Å². The van der Waals surface area contributed by atoms with E-state index in [2.05, 4.69) is 10.4 Å². The third-order valence-electron chi connectivity index (χ3n) is 3.81. The van der Waals surface area contributed by atoms with Gasteiger partial charge in [0.25, 0.3) is 5.91 Å². The zero-order chi connectivity index (χ0) is 16.2. The van der Waals surface area contributed by atoms with E-state index in [0.717, 1.165) is 12.8 Å². The summed E-state index contributed by atoms with van der Waals surface area (Å²) >= 11 is 11.9. The van der Waals surface area contributed by atoms with Gasteiger partial charge in [0.15, 0.2) is 6.73 Å². The van der Waals surface area contributed by atoms with Gasteiger partial charge in [-0.05, 0) is 37.1 Å². The normalized spacial score (nSPS) is 14.9.